The first-order chi connectivity index (χ1) is 9.02. The molecule has 0 radical (unpaired) electrons. The lowest BCUT2D eigenvalue weighted by molar-refractivity contribution is 0.0605. The summed E-state index contributed by atoms with van der Waals surface area (Å²) in [5, 5.41) is 3.95. The van der Waals surface area contributed by atoms with Gasteiger partial charge in [0.1, 0.15) is 4.88 Å². The summed E-state index contributed by atoms with van der Waals surface area (Å²) in [6, 6.07) is 6.03. The molecule has 1 N–H and O–H groups in total. The highest BCUT2D eigenvalue weighted by Gasteiger charge is 2.16. The van der Waals surface area contributed by atoms with Gasteiger partial charge in [0.25, 0.3) is 0 Å². The highest BCUT2D eigenvalue weighted by molar-refractivity contribution is 14.1. The fourth-order valence-electron chi connectivity index (χ4n) is 1.59. The molecule has 0 spiro atoms. The molecule has 0 aliphatic heterocycles. The second kappa shape index (κ2) is 5.87. The monoisotopic (exact) mass is 388 g/mol. The number of carbonyl (C=O) groups is 1. The molecule has 0 atom stereocenters. The number of esters is 1. The zero-order valence-corrected chi connectivity index (χ0v) is 13.8. The van der Waals surface area contributed by atoms with E-state index in [4.69, 9.17) is 4.74 Å². The van der Waals surface area contributed by atoms with Crippen molar-refractivity contribution in [2.24, 2.45) is 0 Å². The molecular formula is C13H13IN2O2S. The van der Waals surface area contributed by atoms with Gasteiger partial charge in [0.05, 0.1) is 12.8 Å². The first kappa shape index (κ1) is 14.3. The lowest BCUT2D eigenvalue weighted by Gasteiger charge is -2.07. The predicted octanol–water partition coefficient (Wildman–Crippen LogP) is 3.89. The first-order valence-electron chi connectivity index (χ1n) is 5.60. The fraction of sp³-hybridized carbons (Fsp3) is 0.231. The Morgan fingerprint density at radius 2 is 2.16 bits per heavy atom. The molecule has 0 bridgehead atoms. The number of nitrogens with zero attached hydrogens (tertiary/aromatic N) is 1. The van der Waals surface area contributed by atoms with Crippen LogP contribution in [0.25, 0.3) is 0 Å². The van der Waals surface area contributed by atoms with E-state index in [1.807, 2.05) is 25.1 Å². The maximum Gasteiger partial charge on any atom is 0.350 e. The van der Waals surface area contributed by atoms with Crippen molar-refractivity contribution in [3.63, 3.8) is 0 Å². The predicted molar refractivity (Wildman–Crippen MR) is 85.4 cm³/mol. The summed E-state index contributed by atoms with van der Waals surface area (Å²) in [5.41, 5.74) is 2.84. The Hall–Kier alpha value is -1.15. The van der Waals surface area contributed by atoms with E-state index >= 15 is 0 Å². The standard InChI is InChI=1S/C13H13IN2O2S/c1-7-9(14)5-4-6-10(7)16-13-15-8(2)11(19-13)12(17)18-3/h4-6H,1-3H3,(H,15,16). The summed E-state index contributed by atoms with van der Waals surface area (Å²) in [6.07, 6.45) is 0. The number of halogens is 1. The molecule has 0 aliphatic carbocycles. The van der Waals surface area contributed by atoms with Crippen molar-refractivity contribution < 1.29 is 9.53 Å². The van der Waals surface area contributed by atoms with Crippen molar-refractivity contribution in [3.05, 3.63) is 37.9 Å². The molecule has 4 nitrogen and oxygen atoms in total. The Balaban J connectivity index is 2.29. The van der Waals surface area contributed by atoms with Gasteiger partial charge < -0.3 is 10.1 Å². The number of aryl methyl sites for hydroxylation is 1. The molecule has 0 saturated heterocycles. The van der Waals surface area contributed by atoms with Crippen molar-refractivity contribution >= 4 is 50.7 Å². The SMILES string of the molecule is COC(=O)c1sc(Nc2cccc(I)c2C)nc1C. The van der Waals surface area contributed by atoms with Crippen molar-refractivity contribution in [3.8, 4) is 0 Å². The Bertz CT molecular complexity index is 625. The van der Waals surface area contributed by atoms with Crippen LogP contribution in [0.2, 0.25) is 0 Å². The Morgan fingerprint density at radius 1 is 1.42 bits per heavy atom. The van der Waals surface area contributed by atoms with Crippen LogP contribution in [-0.2, 0) is 4.74 Å². The molecule has 0 aliphatic rings. The van der Waals surface area contributed by atoms with Crippen LogP contribution in [0.5, 0.6) is 0 Å². The number of methoxy groups -OCH3 is 1. The fourth-order valence-corrected chi connectivity index (χ4v) is 2.99. The van der Waals surface area contributed by atoms with Crippen LogP contribution in [0.3, 0.4) is 0 Å². The molecular weight excluding hydrogens is 375 g/mol. The molecule has 1 heterocycles. The molecule has 2 aromatic rings. The van der Waals surface area contributed by atoms with Crippen LogP contribution in [0.4, 0.5) is 10.8 Å². The molecule has 100 valence electrons. The molecule has 1 aromatic heterocycles. The third-order valence-corrected chi connectivity index (χ3v) is 4.90. The Morgan fingerprint density at radius 3 is 2.84 bits per heavy atom. The van der Waals surface area contributed by atoms with E-state index in [1.165, 1.54) is 22.0 Å². The van der Waals surface area contributed by atoms with Gasteiger partial charge in [0.2, 0.25) is 0 Å². The number of hydrogen-bond acceptors (Lipinski definition) is 5. The van der Waals surface area contributed by atoms with Crippen LogP contribution >= 0.6 is 33.9 Å². The third-order valence-electron chi connectivity index (χ3n) is 2.68. The smallest absolute Gasteiger partial charge is 0.350 e. The van der Waals surface area contributed by atoms with Gasteiger partial charge in [0, 0.05) is 9.26 Å². The minimum absolute atomic E-state index is 0.345. The number of thiazole rings is 1. The molecule has 1 aromatic carbocycles. The van der Waals surface area contributed by atoms with Gasteiger partial charge in [-0.3, -0.25) is 0 Å². The lowest BCUT2D eigenvalue weighted by Crippen LogP contribution is -1.99. The number of ether oxygens (including phenoxy) is 1. The van der Waals surface area contributed by atoms with Gasteiger partial charge in [-0.25, -0.2) is 9.78 Å². The van der Waals surface area contributed by atoms with Crippen LogP contribution < -0.4 is 5.32 Å². The van der Waals surface area contributed by atoms with E-state index in [1.54, 1.807) is 6.92 Å². The number of benzene rings is 1. The molecule has 0 unspecified atom stereocenters. The summed E-state index contributed by atoms with van der Waals surface area (Å²) in [5.74, 6) is -0.345. The first-order valence-corrected chi connectivity index (χ1v) is 7.50. The molecule has 6 heteroatoms. The number of nitrogens with one attached hydrogen (secondary N) is 1. The second-order valence-electron chi connectivity index (χ2n) is 3.96. The van der Waals surface area contributed by atoms with Crippen molar-refractivity contribution in [2.45, 2.75) is 13.8 Å². The number of anilines is 2. The van der Waals surface area contributed by atoms with Gasteiger partial charge in [0.15, 0.2) is 5.13 Å². The van der Waals surface area contributed by atoms with Crippen LogP contribution in [0.1, 0.15) is 20.9 Å². The van der Waals surface area contributed by atoms with E-state index in [-0.39, 0.29) is 5.97 Å². The number of rotatable bonds is 3. The third kappa shape index (κ3) is 3.06. The number of hydrogen-bond donors (Lipinski definition) is 1. The average molecular weight is 388 g/mol. The molecule has 0 saturated carbocycles. The van der Waals surface area contributed by atoms with Gasteiger partial charge in [-0.15, -0.1) is 0 Å². The van der Waals surface area contributed by atoms with Crippen molar-refractivity contribution in [1.82, 2.24) is 4.98 Å². The van der Waals surface area contributed by atoms with Crippen molar-refractivity contribution in [2.75, 3.05) is 12.4 Å². The van der Waals surface area contributed by atoms with E-state index < -0.39 is 0 Å². The largest absolute Gasteiger partial charge is 0.465 e. The van der Waals surface area contributed by atoms with Crippen LogP contribution in [0.15, 0.2) is 18.2 Å². The highest BCUT2D eigenvalue weighted by atomic mass is 127. The maximum absolute atomic E-state index is 11.5. The van der Waals surface area contributed by atoms with Gasteiger partial charge in [-0.05, 0) is 54.1 Å². The molecule has 0 fully saturated rings. The maximum atomic E-state index is 11.5. The number of carbonyl (C=O) groups excluding carboxylic acids is 1. The van der Waals surface area contributed by atoms with Gasteiger partial charge in [-0.2, -0.15) is 0 Å². The van der Waals surface area contributed by atoms with E-state index in [2.05, 4.69) is 32.9 Å². The topological polar surface area (TPSA) is 51.2 Å². The zero-order chi connectivity index (χ0) is 14.0. The van der Waals surface area contributed by atoms with Crippen LogP contribution in [-0.4, -0.2) is 18.1 Å². The van der Waals surface area contributed by atoms with Crippen LogP contribution in [0, 0.1) is 17.4 Å². The summed E-state index contributed by atoms with van der Waals surface area (Å²) in [4.78, 5) is 16.4. The summed E-state index contributed by atoms with van der Waals surface area (Å²) < 4.78 is 5.91. The second-order valence-corrected chi connectivity index (χ2v) is 6.12. The van der Waals surface area contributed by atoms with E-state index in [9.17, 15) is 4.79 Å². The minimum atomic E-state index is -0.345. The van der Waals surface area contributed by atoms with E-state index in [0.717, 1.165) is 11.3 Å². The Kier molecular flexibility index (Phi) is 4.41. The lowest BCUT2D eigenvalue weighted by atomic mass is 10.2. The average Bonchev–Trinajstić information content (AvgIpc) is 2.75. The highest BCUT2D eigenvalue weighted by Crippen LogP contribution is 2.29. The zero-order valence-electron chi connectivity index (χ0n) is 10.8. The quantitative estimate of drug-likeness (QED) is 0.640. The minimum Gasteiger partial charge on any atom is -0.465 e. The Labute approximate surface area is 129 Å². The van der Waals surface area contributed by atoms with Crippen molar-refractivity contribution in [1.29, 1.82) is 0 Å². The molecule has 2 rings (SSSR count). The van der Waals surface area contributed by atoms with Gasteiger partial charge >= 0.3 is 5.97 Å². The molecule has 0 amide bonds. The normalized spacial score (nSPS) is 10.3. The summed E-state index contributed by atoms with van der Waals surface area (Å²) in [6.45, 7) is 3.85. The van der Waals surface area contributed by atoms with E-state index in [0.29, 0.717) is 15.7 Å². The molecule has 19 heavy (non-hydrogen) atoms. The summed E-state index contributed by atoms with van der Waals surface area (Å²) in [7, 11) is 1.37. The van der Waals surface area contributed by atoms with Gasteiger partial charge in [-0.1, -0.05) is 17.4 Å². The summed E-state index contributed by atoms with van der Waals surface area (Å²) >= 11 is 3.59. The number of aromatic nitrogens is 1.